The molecule has 0 saturated carbocycles. The maximum atomic E-state index is 11.0. The zero-order valence-corrected chi connectivity index (χ0v) is 9.60. The van der Waals surface area contributed by atoms with Gasteiger partial charge in [-0.25, -0.2) is 0 Å². The van der Waals surface area contributed by atoms with Crippen molar-refractivity contribution in [3.8, 4) is 0 Å². The summed E-state index contributed by atoms with van der Waals surface area (Å²) >= 11 is 2.17. The van der Waals surface area contributed by atoms with Crippen LogP contribution < -0.4 is 0 Å². The predicted molar refractivity (Wildman–Crippen MR) is 58.3 cm³/mol. The summed E-state index contributed by atoms with van der Waals surface area (Å²) in [4.78, 5) is 21.6. The highest BCUT2D eigenvalue weighted by atomic mass is 32.2. The second kappa shape index (κ2) is 5.72. The Bertz CT molecular complexity index is 363. The van der Waals surface area contributed by atoms with E-state index >= 15 is 0 Å². The monoisotopic (exact) mass is 247 g/mol. The Morgan fingerprint density at radius 2 is 2.47 bits per heavy atom. The molecule has 1 heterocycles. The highest BCUT2D eigenvalue weighted by molar-refractivity contribution is 8.00. The van der Waals surface area contributed by atoms with Crippen molar-refractivity contribution in [3.05, 3.63) is 21.6 Å². The van der Waals surface area contributed by atoms with E-state index in [0.29, 0.717) is 11.5 Å². The van der Waals surface area contributed by atoms with E-state index in [1.54, 1.807) is 18.4 Å². The molecule has 0 aromatic carbocycles. The highest BCUT2D eigenvalue weighted by Crippen LogP contribution is 2.33. The maximum Gasteiger partial charge on any atom is 0.337 e. The lowest BCUT2D eigenvalue weighted by Gasteiger charge is -1.99. The van der Waals surface area contributed by atoms with Crippen molar-refractivity contribution in [3.63, 3.8) is 0 Å². The van der Waals surface area contributed by atoms with Crippen molar-refractivity contribution in [2.45, 2.75) is 11.8 Å². The lowest BCUT2D eigenvalue weighted by atomic mass is 10.6. The first-order valence-corrected chi connectivity index (χ1v) is 6.02. The lowest BCUT2D eigenvalue weighted by molar-refractivity contribution is -0.382. The number of carbonyl (C=O) groups is 1. The van der Waals surface area contributed by atoms with Crippen LogP contribution in [-0.4, -0.2) is 23.3 Å². The van der Waals surface area contributed by atoms with E-state index in [2.05, 4.69) is 0 Å². The van der Waals surface area contributed by atoms with Crippen molar-refractivity contribution in [1.82, 2.24) is 0 Å². The van der Waals surface area contributed by atoms with Crippen LogP contribution in [0.4, 0.5) is 5.00 Å². The number of nitro groups is 1. The van der Waals surface area contributed by atoms with Crippen LogP contribution in [0.15, 0.2) is 16.3 Å². The minimum atomic E-state index is -0.446. The van der Waals surface area contributed by atoms with E-state index < -0.39 is 4.92 Å². The third kappa shape index (κ3) is 3.52. The SMILES string of the molecule is CCOC(=O)CSc1ccsc1[N+](=O)[O-]. The topological polar surface area (TPSA) is 69.4 Å². The molecule has 0 spiro atoms. The number of nitrogens with zero attached hydrogens (tertiary/aromatic N) is 1. The molecule has 15 heavy (non-hydrogen) atoms. The molecule has 0 bridgehead atoms. The molecule has 0 radical (unpaired) electrons. The molecule has 0 amide bonds. The molecule has 0 aliphatic rings. The number of carbonyl (C=O) groups excluding carboxylic acids is 1. The standard InChI is InChI=1S/C8H9NO4S2/c1-2-13-7(10)5-15-6-3-4-14-8(6)9(11)12/h3-4H,2,5H2,1H3. The van der Waals surface area contributed by atoms with E-state index in [1.807, 2.05) is 0 Å². The van der Waals surface area contributed by atoms with Gasteiger partial charge in [0.15, 0.2) is 0 Å². The van der Waals surface area contributed by atoms with Crippen LogP contribution in [0.1, 0.15) is 6.92 Å². The molecule has 1 rings (SSSR count). The molecule has 0 unspecified atom stereocenters. The molecular weight excluding hydrogens is 238 g/mol. The van der Waals surface area contributed by atoms with Crippen molar-refractivity contribution in [2.24, 2.45) is 0 Å². The first-order valence-electron chi connectivity index (χ1n) is 4.15. The molecular formula is C8H9NO4S2. The average molecular weight is 247 g/mol. The number of thiophene rings is 1. The fourth-order valence-corrected chi connectivity index (χ4v) is 2.60. The van der Waals surface area contributed by atoms with Crippen LogP contribution in [-0.2, 0) is 9.53 Å². The van der Waals surface area contributed by atoms with E-state index in [4.69, 9.17) is 4.74 Å². The third-order valence-corrected chi connectivity index (χ3v) is 3.44. The van der Waals surface area contributed by atoms with Gasteiger partial charge in [0.1, 0.15) is 0 Å². The summed E-state index contributed by atoms with van der Waals surface area (Å²) in [6.45, 7) is 2.04. The molecule has 0 aliphatic carbocycles. The summed E-state index contributed by atoms with van der Waals surface area (Å²) < 4.78 is 4.71. The van der Waals surface area contributed by atoms with Gasteiger partial charge in [-0.1, -0.05) is 11.3 Å². The van der Waals surface area contributed by atoms with Crippen molar-refractivity contribution < 1.29 is 14.5 Å². The van der Waals surface area contributed by atoms with Gasteiger partial charge >= 0.3 is 11.0 Å². The Kier molecular flexibility index (Phi) is 4.57. The summed E-state index contributed by atoms with van der Waals surface area (Å²) in [5.74, 6) is -0.256. The number of rotatable bonds is 5. The van der Waals surface area contributed by atoms with Crippen LogP contribution in [0.2, 0.25) is 0 Å². The van der Waals surface area contributed by atoms with Gasteiger partial charge in [0.05, 0.1) is 22.2 Å². The molecule has 0 aliphatic heterocycles. The Hall–Kier alpha value is -1.08. The molecule has 1 aromatic heterocycles. The Labute approximate surface area is 94.6 Å². The summed E-state index contributed by atoms with van der Waals surface area (Å²) in [7, 11) is 0. The van der Waals surface area contributed by atoms with E-state index in [-0.39, 0.29) is 16.7 Å². The second-order valence-electron chi connectivity index (χ2n) is 2.44. The van der Waals surface area contributed by atoms with Crippen LogP contribution in [0.5, 0.6) is 0 Å². The minimum Gasteiger partial charge on any atom is -0.465 e. The van der Waals surface area contributed by atoms with Gasteiger partial charge in [0.25, 0.3) is 0 Å². The van der Waals surface area contributed by atoms with Gasteiger partial charge in [0, 0.05) is 0 Å². The van der Waals surface area contributed by atoms with E-state index in [0.717, 1.165) is 23.1 Å². The number of thioether (sulfide) groups is 1. The Morgan fingerprint density at radius 3 is 3.07 bits per heavy atom. The average Bonchev–Trinajstić information content (AvgIpc) is 2.63. The van der Waals surface area contributed by atoms with E-state index in [9.17, 15) is 14.9 Å². The molecule has 5 nitrogen and oxygen atoms in total. The summed E-state index contributed by atoms with van der Waals surface area (Å²) in [6, 6.07) is 1.63. The molecule has 82 valence electrons. The number of hydrogen-bond donors (Lipinski definition) is 0. The zero-order valence-electron chi connectivity index (χ0n) is 7.97. The summed E-state index contributed by atoms with van der Waals surface area (Å²) in [6.07, 6.45) is 0. The number of ether oxygens (including phenoxy) is 1. The quantitative estimate of drug-likeness (QED) is 0.345. The summed E-state index contributed by atoms with van der Waals surface area (Å²) in [5, 5.41) is 12.2. The first kappa shape index (κ1) is 12.0. The van der Waals surface area contributed by atoms with Gasteiger partial charge in [-0.3, -0.25) is 14.9 Å². The third-order valence-electron chi connectivity index (χ3n) is 1.43. The second-order valence-corrected chi connectivity index (χ2v) is 4.35. The fourth-order valence-electron chi connectivity index (χ4n) is 0.872. The normalized spacial score (nSPS) is 9.93. The molecule has 0 fully saturated rings. The van der Waals surface area contributed by atoms with E-state index in [1.165, 1.54) is 0 Å². The van der Waals surface area contributed by atoms with Gasteiger partial charge in [-0.05, 0) is 18.4 Å². The predicted octanol–water partition coefficient (Wildman–Crippen LogP) is 2.31. The van der Waals surface area contributed by atoms with Crippen LogP contribution in [0.3, 0.4) is 0 Å². The van der Waals surface area contributed by atoms with Gasteiger partial charge in [-0.2, -0.15) is 0 Å². The number of esters is 1. The maximum absolute atomic E-state index is 11.0. The van der Waals surface area contributed by atoms with Crippen molar-refractivity contribution in [1.29, 1.82) is 0 Å². The van der Waals surface area contributed by atoms with Crippen LogP contribution in [0, 0.1) is 10.1 Å². The first-order chi connectivity index (χ1) is 7.15. The summed E-state index contributed by atoms with van der Waals surface area (Å²) in [5.41, 5.74) is 0. The molecule has 1 aromatic rings. The Morgan fingerprint density at radius 1 is 1.73 bits per heavy atom. The van der Waals surface area contributed by atoms with Gasteiger partial charge in [-0.15, -0.1) is 11.8 Å². The van der Waals surface area contributed by atoms with Gasteiger partial charge < -0.3 is 4.74 Å². The largest absolute Gasteiger partial charge is 0.465 e. The fraction of sp³-hybridized carbons (Fsp3) is 0.375. The molecule has 0 saturated heterocycles. The van der Waals surface area contributed by atoms with Gasteiger partial charge in [0.2, 0.25) is 0 Å². The molecule has 7 heteroatoms. The lowest BCUT2D eigenvalue weighted by Crippen LogP contribution is -2.06. The van der Waals surface area contributed by atoms with Crippen LogP contribution in [0.25, 0.3) is 0 Å². The minimum absolute atomic E-state index is 0.0734. The molecule has 0 N–H and O–H groups in total. The number of hydrogen-bond acceptors (Lipinski definition) is 6. The van der Waals surface area contributed by atoms with Crippen molar-refractivity contribution in [2.75, 3.05) is 12.4 Å². The smallest absolute Gasteiger partial charge is 0.337 e. The van der Waals surface area contributed by atoms with Crippen molar-refractivity contribution >= 4 is 34.1 Å². The Balaban J connectivity index is 2.54. The molecule has 0 atom stereocenters. The highest BCUT2D eigenvalue weighted by Gasteiger charge is 2.16. The van der Waals surface area contributed by atoms with Crippen LogP contribution >= 0.6 is 23.1 Å². The zero-order chi connectivity index (χ0) is 11.3.